The summed E-state index contributed by atoms with van der Waals surface area (Å²) in [5.74, 6) is 0.0700. The minimum atomic E-state index is -0.275. The highest BCUT2D eigenvalue weighted by molar-refractivity contribution is 6.37. The van der Waals surface area contributed by atoms with E-state index in [1.54, 1.807) is 6.08 Å². The molecule has 90 valence electrons. The lowest BCUT2D eigenvalue weighted by atomic mass is 9.77. The van der Waals surface area contributed by atoms with Crippen LogP contribution < -0.4 is 0 Å². The van der Waals surface area contributed by atoms with Gasteiger partial charge in [0.2, 0.25) is 5.78 Å². The molecule has 0 N–H and O–H groups in total. The van der Waals surface area contributed by atoms with Gasteiger partial charge < -0.3 is 4.74 Å². The summed E-state index contributed by atoms with van der Waals surface area (Å²) in [6, 6.07) is 0. The number of hydrogen-bond acceptors (Lipinski definition) is 3. The van der Waals surface area contributed by atoms with Gasteiger partial charge in [-0.2, -0.15) is 0 Å². The topological polar surface area (TPSA) is 38.7 Å². The van der Waals surface area contributed by atoms with Crippen molar-refractivity contribution in [2.45, 2.75) is 40.2 Å². The van der Waals surface area contributed by atoms with Crippen LogP contribution in [0.4, 0.5) is 0 Å². The number of ketones is 1. The summed E-state index contributed by atoms with van der Waals surface area (Å²) in [5.41, 5.74) is -0.515. The van der Waals surface area contributed by atoms with Crippen molar-refractivity contribution in [3.05, 3.63) is 12.7 Å². The quantitative estimate of drug-likeness (QED) is 0.687. The van der Waals surface area contributed by atoms with E-state index >= 15 is 0 Å². The van der Waals surface area contributed by atoms with Crippen LogP contribution in [-0.4, -0.2) is 23.8 Å². The first-order valence-corrected chi connectivity index (χ1v) is 5.60. The van der Waals surface area contributed by atoms with Gasteiger partial charge in [-0.05, 0) is 19.3 Å². The van der Waals surface area contributed by atoms with E-state index < -0.39 is 0 Å². The number of carbonyl (C=O) groups excluding carboxylic acids is 1. The number of aliphatic imine (C=N–C) groups is 1. The van der Waals surface area contributed by atoms with Crippen LogP contribution >= 0.6 is 0 Å². The van der Waals surface area contributed by atoms with Crippen molar-refractivity contribution in [2.75, 3.05) is 6.61 Å². The fraction of sp³-hybridized carbons (Fsp3) is 0.692. The van der Waals surface area contributed by atoms with Gasteiger partial charge in [0.15, 0.2) is 0 Å². The van der Waals surface area contributed by atoms with E-state index in [4.69, 9.17) is 4.74 Å². The maximum atomic E-state index is 12.1. The van der Waals surface area contributed by atoms with Gasteiger partial charge in [0.1, 0.15) is 6.61 Å². The van der Waals surface area contributed by atoms with Gasteiger partial charge in [-0.15, -0.1) is 6.58 Å². The van der Waals surface area contributed by atoms with Gasteiger partial charge in [0.25, 0.3) is 5.90 Å². The van der Waals surface area contributed by atoms with Crippen molar-refractivity contribution < 1.29 is 9.53 Å². The lowest BCUT2D eigenvalue weighted by molar-refractivity contribution is -0.119. The van der Waals surface area contributed by atoms with Crippen molar-refractivity contribution >= 4 is 11.7 Å². The smallest absolute Gasteiger partial charge is 0.254 e. The van der Waals surface area contributed by atoms with E-state index in [1.807, 2.05) is 34.6 Å². The highest BCUT2D eigenvalue weighted by Crippen LogP contribution is 2.30. The molecule has 1 heterocycles. The van der Waals surface area contributed by atoms with Gasteiger partial charge >= 0.3 is 0 Å². The highest BCUT2D eigenvalue weighted by atomic mass is 16.5. The van der Waals surface area contributed by atoms with Gasteiger partial charge in [0, 0.05) is 5.92 Å². The molecule has 1 aliphatic rings. The Labute approximate surface area is 97.6 Å². The second kappa shape index (κ2) is 4.04. The molecule has 1 rings (SSSR count). The number of carbonyl (C=O) groups is 1. The summed E-state index contributed by atoms with van der Waals surface area (Å²) in [6.07, 6.45) is 1.80. The summed E-state index contributed by atoms with van der Waals surface area (Å²) in [4.78, 5) is 16.4. The van der Waals surface area contributed by atoms with Crippen LogP contribution in [0.5, 0.6) is 0 Å². The number of hydrogen-bond donors (Lipinski definition) is 0. The minimum absolute atomic E-state index is 0.0320. The predicted molar refractivity (Wildman–Crippen MR) is 65.6 cm³/mol. The molecule has 16 heavy (non-hydrogen) atoms. The second-order valence-electron chi connectivity index (χ2n) is 5.63. The fourth-order valence-electron chi connectivity index (χ4n) is 1.41. The monoisotopic (exact) mass is 223 g/mol. The largest absolute Gasteiger partial charge is 0.473 e. The van der Waals surface area contributed by atoms with Crippen molar-refractivity contribution in [2.24, 2.45) is 16.3 Å². The molecule has 0 aliphatic carbocycles. The predicted octanol–water partition coefficient (Wildman–Crippen LogP) is 2.61. The molecule has 0 saturated heterocycles. The van der Waals surface area contributed by atoms with Crippen LogP contribution in [0.2, 0.25) is 0 Å². The second-order valence-corrected chi connectivity index (χ2v) is 5.63. The first kappa shape index (κ1) is 12.9. The molecule has 0 aromatic carbocycles. The average molecular weight is 223 g/mol. The third kappa shape index (κ3) is 2.52. The molecular formula is C13H21NO2. The molecule has 0 saturated carbocycles. The maximum Gasteiger partial charge on any atom is 0.254 e. The Balaban J connectivity index is 2.85. The zero-order valence-electron chi connectivity index (χ0n) is 10.8. The normalized spacial score (nSPS) is 20.9. The Bertz CT molecular complexity index is 340. The van der Waals surface area contributed by atoms with Crippen molar-refractivity contribution in [1.82, 2.24) is 0 Å². The standard InChI is InChI=1S/C13H21NO2/c1-7-12(3,4)9(2)10(15)11-14-13(5,6)8-16-11/h7,9H,1,8H2,2-6H3/t9-/m1/s1. The Morgan fingerprint density at radius 1 is 1.62 bits per heavy atom. The molecule has 1 aliphatic heterocycles. The van der Waals surface area contributed by atoms with Gasteiger partial charge in [-0.25, -0.2) is 4.99 Å². The van der Waals surface area contributed by atoms with E-state index in [9.17, 15) is 4.79 Å². The number of rotatable bonds is 4. The highest BCUT2D eigenvalue weighted by Gasteiger charge is 2.36. The van der Waals surface area contributed by atoms with Crippen molar-refractivity contribution in [1.29, 1.82) is 0 Å². The van der Waals surface area contributed by atoms with E-state index in [2.05, 4.69) is 11.6 Å². The van der Waals surface area contributed by atoms with Crippen LogP contribution in [0.15, 0.2) is 17.6 Å². The first-order valence-electron chi connectivity index (χ1n) is 5.60. The number of ether oxygens (including phenoxy) is 1. The molecule has 0 aromatic heterocycles. The summed E-state index contributed by atoms with van der Waals surface area (Å²) >= 11 is 0. The van der Waals surface area contributed by atoms with E-state index in [0.717, 1.165) is 0 Å². The van der Waals surface area contributed by atoms with Crippen LogP contribution in [0.25, 0.3) is 0 Å². The molecule has 0 radical (unpaired) electrons. The Hall–Kier alpha value is -1.12. The third-order valence-corrected chi connectivity index (χ3v) is 3.21. The fourth-order valence-corrected chi connectivity index (χ4v) is 1.41. The van der Waals surface area contributed by atoms with Crippen LogP contribution in [-0.2, 0) is 9.53 Å². The molecule has 0 amide bonds. The molecular weight excluding hydrogens is 202 g/mol. The molecule has 3 heteroatoms. The minimum Gasteiger partial charge on any atom is -0.473 e. The summed E-state index contributed by atoms with van der Waals surface area (Å²) in [5, 5.41) is 0. The summed E-state index contributed by atoms with van der Waals surface area (Å²) in [6.45, 7) is 14.0. The summed E-state index contributed by atoms with van der Waals surface area (Å²) < 4.78 is 5.36. The lowest BCUT2D eigenvalue weighted by Gasteiger charge is -2.26. The molecule has 3 nitrogen and oxygen atoms in total. The number of Topliss-reactive ketones (excluding diaryl/α,β-unsaturated/α-hetero) is 1. The van der Waals surface area contributed by atoms with Gasteiger partial charge in [0.05, 0.1) is 5.54 Å². The Kier molecular flexibility index (Phi) is 3.27. The van der Waals surface area contributed by atoms with Crippen molar-refractivity contribution in [3.63, 3.8) is 0 Å². The molecule has 0 unspecified atom stereocenters. The molecule has 0 fully saturated rings. The summed E-state index contributed by atoms with van der Waals surface area (Å²) in [7, 11) is 0. The molecule has 0 bridgehead atoms. The number of allylic oxidation sites excluding steroid dienone is 1. The zero-order chi connectivity index (χ0) is 12.6. The van der Waals surface area contributed by atoms with E-state index in [0.29, 0.717) is 6.61 Å². The van der Waals surface area contributed by atoms with Gasteiger partial charge in [-0.3, -0.25) is 4.79 Å². The third-order valence-electron chi connectivity index (χ3n) is 3.21. The average Bonchev–Trinajstić information content (AvgIpc) is 2.56. The molecule has 0 aromatic rings. The van der Waals surface area contributed by atoms with Crippen molar-refractivity contribution in [3.8, 4) is 0 Å². The van der Waals surface area contributed by atoms with Gasteiger partial charge in [-0.1, -0.05) is 26.8 Å². The first-order chi connectivity index (χ1) is 7.19. The van der Waals surface area contributed by atoms with Crippen LogP contribution in [0.3, 0.4) is 0 Å². The van der Waals surface area contributed by atoms with Crippen LogP contribution in [0, 0.1) is 11.3 Å². The Morgan fingerprint density at radius 3 is 2.56 bits per heavy atom. The lowest BCUT2D eigenvalue weighted by Crippen LogP contribution is -2.32. The van der Waals surface area contributed by atoms with Crippen LogP contribution in [0.1, 0.15) is 34.6 Å². The molecule has 1 atom stereocenters. The van der Waals surface area contributed by atoms with E-state index in [-0.39, 0.29) is 28.6 Å². The zero-order valence-corrected chi connectivity index (χ0v) is 10.8. The maximum absolute atomic E-state index is 12.1. The Morgan fingerprint density at radius 2 is 2.19 bits per heavy atom. The number of nitrogens with zero attached hydrogens (tertiary/aromatic N) is 1. The molecule has 0 spiro atoms. The van der Waals surface area contributed by atoms with E-state index in [1.165, 1.54) is 0 Å². The SMILES string of the molecule is C=CC(C)(C)[C@H](C)C(=O)C1=NC(C)(C)CO1.